The summed E-state index contributed by atoms with van der Waals surface area (Å²) >= 11 is 1.55. The first-order chi connectivity index (χ1) is 14.5. The maximum absolute atomic E-state index is 12.8. The average molecular weight is 462 g/mol. The van der Waals surface area contributed by atoms with Gasteiger partial charge in [0, 0.05) is 6.54 Å². The van der Waals surface area contributed by atoms with E-state index in [4.69, 9.17) is 16.6 Å². The number of nitrogens with zero attached hydrogens (tertiary/aromatic N) is 1. The van der Waals surface area contributed by atoms with Crippen LogP contribution < -0.4 is 22.1 Å². The van der Waals surface area contributed by atoms with Crippen molar-refractivity contribution in [3.63, 3.8) is 0 Å². The van der Waals surface area contributed by atoms with Gasteiger partial charge in [0.25, 0.3) is 0 Å². The number of carboxylic acid groups (broad SMARTS) is 1. The smallest absolute Gasteiger partial charge is 0.326 e. The van der Waals surface area contributed by atoms with Crippen molar-refractivity contribution in [1.82, 2.24) is 15.5 Å². The Bertz CT molecular complexity index is 690. The lowest BCUT2D eigenvalue weighted by Crippen LogP contribution is -2.59. The molecule has 4 amide bonds. The molecule has 1 aliphatic heterocycles. The number of likely N-dealkylation sites (tertiary alicyclic amines) is 1. The van der Waals surface area contributed by atoms with E-state index in [1.165, 1.54) is 11.8 Å². The second-order valence-corrected chi connectivity index (χ2v) is 8.36. The van der Waals surface area contributed by atoms with E-state index in [1.807, 2.05) is 6.26 Å². The van der Waals surface area contributed by atoms with Crippen LogP contribution in [-0.4, -0.2) is 93.5 Å². The Morgan fingerprint density at radius 2 is 1.87 bits per heavy atom. The maximum atomic E-state index is 12.8. The quantitative estimate of drug-likeness (QED) is 0.179. The van der Waals surface area contributed by atoms with Crippen LogP contribution in [0.15, 0.2) is 0 Å². The average Bonchev–Trinajstić information content (AvgIpc) is 3.17. The van der Waals surface area contributed by atoms with Crippen LogP contribution in [0.4, 0.5) is 0 Å². The molecule has 13 heteroatoms. The molecule has 0 aromatic rings. The van der Waals surface area contributed by atoms with Crippen LogP contribution in [-0.2, 0) is 24.0 Å². The van der Waals surface area contributed by atoms with Crippen molar-refractivity contribution >= 4 is 41.4 Å². The maximum Gasteiger partial charge on any atom is 0.326 e. The minimum atomic E-state index is -1.61. The van der Waals surface area contributed by atoms with E-state index in [9.17, 15) is 29.1 Å². The summed E-state index contributed by atoms with van der Waals surface area (Å²) in [4.78, 5) is 61.5. The minimum Gasteiger partial charge on any atom is -0.480 e. The van der Waals surface area contributed by atoms with Crippen LogP contribution >= 0.6 is 11.8 Å². The molecule has 31 heavy (non-hydrogen) atoms. The highest BCUT2D eigenvalue weighted by molar-refractivity contribution is 7.98. The monoisotopic (exact) mass is 461 g/mol. The summed E-state index contributed by atoms with van der Waals surface area (Å²) in [6, 6.07) is -4.71. The Balaban J connectivity index is 2.86. The van der Waals surface area contributed by atoms with Crippen LogP contribution in [0.1, 0.15) is 32.6 Å². The first-order valence-electron chi connectivity index (χ1n) is 9.84. The highest BCUT2D eigenvalue weighted by Gasteiger charge is 2.38. The van der Waals surface area contributed by atoms with E-state index in [2.05, 4.69) is 10.6 Å². The van der Waals surface area contributed by atoms with Gasteiger partial charge in [-0.3, -0.25) is 19.2 Å². The SMILES string of the molecule is CSCCC(N)C(=O)N1CCCC1C(=O)NC(C(=O)NC(CC(N)=O)C(=O)O)C(C)O. The third-order valence-corrected chi connectivity index (χ3v) is 5.52. The normalized spacial score (nSPS) is 19.7. The first kappa shape index (κ1) is 26.7. The Morgan fingerprint density at radius 1 is 1.23 bits per heavy atom. The molecule has 1 aliphatic rings. The summed E-state index contributed by atoms with van der Waals surface area (Å²) in [6.45, 7) is 1.58. The zero-order valence-electron chi connectivity index (χ0n) is 17.6. The highest BCUT2D eigenvalue weighted by Crippen LogP contribution is 2.19. The third-order valence-electron chi connectivity index (χ3n) is 4.87. The highest BCUT2D eigenvalue weighted by atomic mass is 32.2. The van der Waals surface area contributed by atoms with Crippen molar-refractivity contribution in [3.8, 4) is 0 Å². The standard InChI is InChI=1S/C18H31N5O7S/c1-9(24)14(16(27)21-11(18(29)30)8-13(20)25)22-15(26)12-4-3-6-23(12)17(28)10(19)5-7-31-2/h9-12,14,24H,3-8,19H2,1-2H3,(H2,20,25)(H,21,27)(H,22,26)(H,29,30). The second-order valence-electron chi connectivity index (χ2n) is 7.37. The van der Waals surface area contributed by atoms with Crippen molar-refractivity contribution in [3.05, 3.63) is 0 Å². The lowest BCUT2D eigenvalue weighted by Gasteiger charge is -2.29. The fourth-order valence-electron chi connectivity index (χ4n) is 3.20. The number of aliphatic carboxylic acids is 1. The van der Waals surface area contributed by atoms with Crippen molar-refractivity contribution in [2.24, 2.45) is 11.5 Å². The minimum absolute atomic E-state index is 0.342. The molecule has 5 unspecified atom stereocenters. The molecule has 0 saturated carbocycles. The molecule has 0 aromatic heterocycles. The molecule has 1 heterocycles. The van der Waals surface area contributed by atoms with Crippen molar-refractivity contribution in [1.29, 1.82) is 0 Å². The fraction of sp³-hybridized carbons (Fsp3) is 0.722. The summed E-state index contributed by atoms with van der Waals surface area (Å²) in [5.41, 5.74) is 10.9. The molecule has 0 bridgehead atoms. The largest absolute Gasteiger partial charge is 0.480 e. The zero-order chi connectivity index (χ0) is 23.7. The van der Waals surface area contributed by atoms with Crippen LogP contribution in [0.3, 0.4) is 0 Å². The summed E-state index contributed by atoms with van der Waals surface area (Å²) in [5.74, 6) is -3.76. The van der Waals surface area contributed by atoms with Gasteiger partial charge in [0.15, 0.2) is 0 Å². The third kappa shape index (κ3) is 7.99. The molecule has 0 radical (unpaired) electrons. The van der Waals surface area contributed by atoms with Crippen molar-refractivity contribution in [2.75, 3.05) is 18.6 Å². The number of carbonyl (C=O) groups is 5. The number of hydrogen-bond acceptors (Lipinski definition) is 8. The molecule has 1 fully saturated rings. The van der Waals surface area contributed by atoms with E-state index in [-0.39, 0.29) is 5.91 Å². The summed E-state index contributed by atoms with van der Waals surface area (Å²) in [6.07, 6.45) is 1.26. The first-order valence-corrected chi connectivity index (χ1v) is 11.2. The van der Waals surface area contributed by atoms with Crippen molar-refractivity contribution < 1.29 is 34.2 Å². The van der Waals surface area contributed by atoms with E-state index in [1.54, 1.807) is 11.8 Å². The molecule has 12 nitrogen and oxygen atoms in total. The molecule has 0 spiro atoms. The predicted molar refractivity (Wildman–Crippen MR) is 113 cm³/mol. The van der Waals surface area contributed by atoms with Gasteiger partial charge in [0.05, 0.1) is 18.6 Å². The topological polar surface area (TPSA) is 205 Å². The summed E-state index contributed by atoms with van der Waals surface area (Å²) in [5, 5.41) is 23.5. The number of rotatable bonds is 12. The van der Waals surface area contributed by atoms with Gasteiger partial charge in [0.2, 0.25) is 23.6 Å². The van der Waals surface area contributed by atoms with Crippen LogP contribution in [0.25, 0.3) is 0 Å². The van der Waals surface area contributed by atoms with Gasteiger partial charge in [0.1, 0.15) is 18.1 Å². The molecule has 176 valence electrons. The van der Waals surface area contributed by atoms with Gasteiger partial charge in [-0.15, -0.1) is 0 Å². The Kier molecular flexibility index (Phi) is 10.7. The molecule has 0 aliphatic carbocycles. The van der Waals surface area contributed by atoms with E-state index in [0.29, 0.717) is 31.6 Å². The molecule has 1 rings (SSSR count). The van der Waals surface area contributed by atoms with Crippen LogP contribution in [0, 0.1) is 0 Å². The fourth-order valence-corrected chi connectivity index (χ4v) is 3.69. The number of thioether (sulfide) groups is 1. The van der Waals surface area contributed by atoms with Gasteiger partial charge in [-0.2, -0.15) is 11.8 Å². The lowest BCUT2D eigenvalue weighted by molar-refractivity contribution is -0.145. The zero-order valence-corrected chi connectivity index (χ0v) is 18.4. The Morgan fingerprint density at radius 3 is 2.39 bits per heavy atom. The van der Waals surface area contributed by atoms with Gasteiger partial charge in [-0.25, -0.2) is 4.79 Å². The number of aliphatic hydroxyl groups is 1. The van der Waals surface area contributed by atoms with Crippen LogP contribution in [0.2, 0.25) is 0 Å². The van der Waals surface area contributed by atoms with Gasteiger partial charge in [-0.05, 0) is 38.2 Å². The Hall–Kier alpha value is -2.38. The summed E-state index contributed by atoms with van der Waals surface area (Å²) < 4.78 is 0. The number of aliphatic hydroxyl groups excluding tert-OH is 1. The number of amides is 4. The van der Waals surface area contributed by atoms with E-state index < -0.39 is 60.4 Å². The van der Waals surface area contributed by atoms with E-state index in [0.717, 1.165) is 0 Å². The number of carbonyl (C=O) groups excluding carboxylic acids is 4. The molecule has 0 aromatic carbocycles. The molecule has 5 atom stereocenters. The molecular weight excluding hydrogens is 430 g/mol. The number of nitrogens with one attached hydrogen (secondary N) is 2. The molecular formula is C18H31N5O7S. The van der Waals surface area contributed by atoms with Gasteiger partial charge < -0.3 is 37.2 Å². The van der Waals surface area contributed by atoms with Gasteiger partial charge >= 0.3 is 5.97 Å². The lowest BCUT2D eigenvalue weighted by atomic mass is 10.1. The molecule has 8 N–H and O–H groups in total. The van der Waals surface area contributed by atoms with Gasteiger partial charge in [-0.1, -0.05) is 0 Å². The van der Waals surface area contributed by atoms with Crippen molar-refractivity contribution in [2.45, 2.75) is 62.9 Å². The van der Waals surface area contributed by atoms with Crippen LogP contribution in [0.5, 0.6) is 0 Å². The van der Waals surface area contributed by atoms with E-state index >= 15 is 0 Å². The Labute approximate surface area is 184 Å². The predicted octanol–water partition coefficient (Wildman–Crippen LogP) is -2.63. The molecule has 1 saturated heterocycles. The summed E-state index contributed by atoms with van der Waals surface area (Å²) in [7, 11) is 0. The number of primary amides is 1. The number of hydrogen-bond donors (Lipinski definition) is 6. The number of nitrogens with two attached hydrogens (primary N) is 2. The number of carboxylic acids is 1. The second kappa shape index (κ2) is 12.5.